The first-order valence-corrected chi connectivity index (χ1v) is 6.53. The zero-order valence-electron chi connectivity index (χ0n) is 10.9. The second kappa shape index (κ2) is 4.87. The molecule has 100 valence electrons. The number of hydrogen-bond donors (Lipinski definition) is 1. The predicted octanol–water partition coefficient (Wildman–Crippen LogP) is 0.966. The van der Waals surface area contributed by atoms with E-state index >= 15 is 0 Å². The first kappa shape index (κ1) is 12.0. The molecule has 0 radical (unpaired) electrons. The van der Waals surface area contributed by atoms with Crippen molar-refractivity contribution < 1.29 is 0 Å². The van der Waals surface area contributed by atoms with Crippen molar-refractivity contribution in [3.05, 3.63) is 40.7 Å². The molecule has 2 aromatic rings. The van der Waals surface area contributed by atoms with Crippen molar-refractivity contribution >= 4 is 5.82 Å². The molecule has 1 aliphatic carbocycles. The van der Waals surface area contributed by atoms with Gasteiger partial charge in [0, 0.05) is 44.6 Å². The van der Waals surface area contributed by atoms with Crippen molar-refractivity contribution in [3.63, 3.8) is 0 Å². The number of anilines is 1. The first-order valence-electron chi connectivity index (χ1n) is 6.53. The highest BCUT2D eigenvalue weighted by atomic mass is 16.1. The monoisotopic (exact) mass is 259 g/mol. The van der Waals surface area contributed by atoms with Crippen LogP contribution in [-0.4, -0.2) is 25.9 Å². The van der Waals surface area contributed by atoms with Gasteiger partial charge in [0.05, 0.1) is 5.69 Å². The van der Waals surface area contributed by atoms with Crippen LogP contribution < -0.4 is 10.9 Å². The van der Waals surface area contributed by atoms with E-state index in [-0.39, 0.29) is 5.56 Å². The number of hydrogen-bond acceptors (Lipinski definition) is 4. The molecule has 2 aromatic heterocycles. The molecule has 0 aliphatic heterocycles. The molecule has 0 bridgehead atoms. The summed E-state index contributed by atoms with van der Waals surface area (Å²) in [6.45, 7) is 0.661. The fraction of sp³-hybridized carbons (Fsp3) is 0.462. The average Bonchev–Trinajstić information content (AvgIpc) is 3.15. The minimum atomic E-state index is -0.0222. The van der Waals surface area contributed by atoms with E-state index in [4.69, 9.17) is 0 Å². The van der Waals surface area contributed by atoms with Gasteiger partial charge in [-0.1, -0.05) is 0 Å². The van der Waals surface area contributed by atoms with E-state index in [1.807, 2.05) is 19.3 Å². The highest BCUT2D eigenvalue weighted by Crippen LogP contribution is 2.33. The Hall–Kier alpha value is -2.11. The van der Waals surface area contributed by atoms with E-state index < -0.39 is 0 Å². The molecule has 0 spiro atoms. The SMILES string of the molecule is Cn1ccc(CCNc2nccn(C3CC3)c2=O)n1. The minimum Gasteiger partial charge on any atom is -0.365 e. The van der Waals surface area contributed by atoms with Crippen molar-refractivity contribution in [1.29, 1.82) is 0 Å². The summed E-state index contributed by atoms with van der Waals surface area (Å²) in [5.74, 6) is 0.435. The van der Waals surface area contributed by atoms with Crippen LogP contribution in [0.25, 0.3) is 0 Å². The van der Waals surface area contributed by atoms with Crippen LogP contribution in [0, 0.1) is 0 Å². The van der Waals surface area contributed by atoms with Crippen molar-refractivity contribution in [2.75, 3.05) is 11.9 Å². The summed E-state index contributed by atoms with van der Waals surface area (Å²) >= 11 is 0. The second-order valence-corrected chi connectivity index (χ2v) is 4.88. The third-order valence-corrected chi connectivity index (χ3v) is 3.25. The van der Waals surface area contributed by atoms with Crippen LogP contribution in [0.3, 0.4) is 0 Å². The normalized spacial score (nSPS) is 14.6. The molecule has 0 aromatic carbocycles. The third-order valence-electron chi connectivity index (χ3n) is 3.25. The topological polar surface area (TPSA) is 64.7 Å². The van der Waals surface area contributed by atoms with Gasteiger partial charge in [-0.3, -0.25) is 9.48 Å². The standard InChI is InChI=1S/C13H17N5O/c1-17-8-5-10(16-17)4-6-14-12-13(19)18(9-7-15-12)11-2-3-11/h5,7-9,11H,2-4,6H2,1H3,(H,14,15). The van der Waals surface area contributed by atoms with Crippen LogP contribution in [0.4, 0.5) is 5.82 Å². The van der Waals surface area contributed by atoms with E-state index in [0.717, 1.165) is 25.0 Å². The van der Waals surface area contributed by atoms with Gasteiger partial charge in [0.2, 0.25) is 0 Å². The summed E-state index contributed by atoms with van der Waals surface area (Å²) in [4.78, 5) is 16.2. The summed E-state index contributed by atoms with van der Waals surface area (Å²) in [5.41, 5.74) is 0.986. The zero-order chi connectivity index (χ0) is 13.2. The summed E-state index contributed by atoms with van der Waals surface area (Å²) in [5, 5.41) is 7.39. The summed E-state index contributed by atoms with van der Waals surface area (Å²) < 4.78 is 3.55. The fourth-order valence-corrected chi connectivity index (χ4v) is 2.09. The van der Waals surface area contributed by atoms with E-state index in [1.165, 1.54) is 0 Å². The Kier molecular flexibility index (Phi) is 3.06. The number of rotatable bonds is 5. The van der Waals surface area contributed by atoms with Crippen molar-refractivity contribution in [3.8, 4) is 0 Å². The lowest BCUT2D eigenvalue weighted by Crippen LogP contribution is -2.24. The van der Waals surface area contributed by atoms with Gasteiger partial charge in [-0.2, -0.15) is 5.10 Å². The molecular weight excluding hydrogens is 242 g/mol. The number of aromatic nitrogens is 4. The molecule has 1 saturated carbocycles. The van der Waals surface area contributed by atoms with E-state index in [2.05, 4.69) is 15.4 Å². The van der Waals surface area contributed by atoms with Crippen LogP contribution in [0.15, 0.2) is 29.5 Å². The molecule has 0 atom stereocenters. The largest absolute Gasteiger partial charge is 0.365 e. The van der Waals surface area contributed by atoms with Crippen molar-refractivity contribution in [2.24, 2.45) is 7.05 Å². The Morgan fingerprint density at radius 3 is 2.95 bits per heavy atom. The molecule has 6 nitrogen and oxygen atoms in total. The molecule has 1 N–H and O–H groups in total. The third kappa shape index (κ3) is 2.67. The number of nitrogens with one attached hydrogen (secondary N) is 1. The van der Waals surface area contributed by atoms with E-state index in [9.17, 15) is 4.79 Å². The van der Waals surface area contributed by atoms with Gasteiger partial charge in [0.25, 0.3) is 5.56 Å². The smallest absolute Gasteiger partial charge is 0.293 e. The molecule has 2 heterocycles. The quantitative estimate of drug-likeness (QED) is 0.869. The Balaban J connectivity index is 1.63. The maximum Gasteiger partial charge on any atom is 0.293 e. The van der Waals surface area contributed by atoms with Gasteiger partial charge in [-0.05, 0) is 18.9 Å². The average molecular weight is 259 g/mol. The Labute approximate surface area is 111 Å². The summed E-state index contributed by atoms with van der Waals surface area (Å²) in [7, 11) is 1.89. The Morgan fingerprint density at radius 1 is 1.42 bits per heavy atom. The molecule has 3 rings (SSSR count). The van der Waals surface area contributed by atoms with Gasteiger partial charge in [-0.15, -0.1) is 0 Å². The second-order valence-electron chi connectivity index (χ2n) is 4.88. The highest BCUT2D eigenvalue weighted by molar-refractivity contribution is 5.31. The number of aryl methyl sites for hydroxylation is 1. The van der Waals surface area contributed by atoms with Crippen LogP contribution in [0.5, 0.6) is 0 Å². The minimum absolute atomic E-state index is 0.0222. The van der Waals surface area contributed by atoms with Gasteiger partial charge < -0.3 is 9.88 Å². The molecule has 0 amide bonds. The maximum absolute atomic E-state index is 12.1. The van der Waals surface area contributed by atoms with Crippen LogP contribution in [0.1, 0.15) is 24.6 Å². The lowest BCUT2D eigenvalue weighted by Gasteiger charge is -2.07. The Morgan fingerprint density at radius 2 is 2.26 bits per heavy atom. The molecule has 1 aliphatic rings. The molecule has 1 fully saturated rings. The van der Waals surface area contributed by atoms with Gasteiger partial charge in [0.15, 0.2) is 5.82 Å². The molecule has 0 unspecified atom stereocenters. The zero-order valence-corrected chi connectivity index (χ0v) is 10.9. The molecule has 0 saturated heterocycles. The van der Waals surface area contributed by atoms with Crippen LogP contribution in [0.2, 0.25) is 0 Å². The first-order chi connectivity index (χ1) is 9.24. The van der Waals surface area contributed by atoms with E-state index in [1.54, 1.807) is 21.6 Å². The van der Waals surface area contributed by atoms with Gasteiger partial charge >= 0.3 is 0 Å². The highest BCUT2D eigenvalue weighted by Gasteiger charge is 2.25. The van der Waals surface area contributed by atoms with Crippen LogP contribution in [-0.2, 0) is 13.5 Å². The lowest BCUT2D eigenvalue weighted by molar-refractivity contribution is 0.698. The van der Waals surface area contributed by atoms with Gasteiger partial charge in [0.1, 0.15) is 0 Å². The maximum atomic E-state index is 12.1. The molecule has 6 heteroatoms. The lowest BCUT2D eigenvalue weighted by atomic mass is 10.3. The van der Waals surface area contributed by atoms with E-state index in [0.29, 0.717) is 18.4 Å². The van der Waals surface area contributed by atoms with Crippen molar-refractivity contribution in [2.45, 2.75) is 25.3 Å². The number of nitrogens with zero attached hydrogens (tertiary/aromatic N) is 4. The summed E-state index contributed by atoms with van der Waals surface area (Å²) in [6.07, 6.45) is 8.33. The summed E-state index contributed by atoms with van der Waals surface area (Å²) in [6, 6.07) is 2.36. The Bertz CT molecular complexity index is 626. The van der Waals surface area contributed by atoms with Crippen LogP contribution >= 0.6 is 0 Å². The predicted molar refractivity (Wildman–Crippen MR) is 72.2 cm³/mol. The fourth-order valence-electron chi connectivity index (χ4n) is 2.09. The van der Waals surface area contributed by atoms with Crippen molar-refractivity contribution in [1.82, 2.24) is 19.3 Å². The van der Waals surface area contributed by atoms with Gasteiger partial charge in [-0.25, -0.2) is 4.98 Å². The molecular formula is C13H17N5O. The molecule has 19 heavy (non-hydrogen) atoms.